The molecule has 9 atom stereocenters. The third kappa shape index (κ3) is 5.66. The largest absolute Gasteiger partial charge is 0.507 e. The van der Waals surface area contributed by atoms with E-state index in [-0.39, 0.29) is 40.6 Å². The van der Waals surface area contributed by atoms with Crippen molar-refractivity contribution in [2.45, 2.75) is 75.1 Å². The van der Waals surface area contributed by atoms with Gasteiger partial charge >= 0.3 is 0 Å². The van der Waals surface area contributed by atoms with E-state index in [1.54, 1.807) is 31.2 Å². The second-order valence-electron chi connectivity index (χ2n) is 11.0. The molecule has 236 valence electrons. The Labute approximate surface area is 246 Å². The maximum Gasteiger partial charge on any atom is 0.229 e. The number of phenols is 1. The van der Waals surface area contributed by atoms with Crippen molar-refractivity contribution in [3.63, 3.8) is 0 Å². The number of phenolic OH excluding ortho intramolecular Hbond substituents is 1. The molecule has 2 fully saturated rings. The Morgan fingerprint density at radius 2 is 1.70 bits per heavy atom. The normalized spacial score (nSPS) is 34.0. The number of rotatable bonds is 8. The van der Waals surface area contributed by atoms with Crippen LogP contribution >= 0.6 is 0 Å². The number of fused-ring (bicyclic) bond motifs is 1. The number of aromatic hydroxyl groups is 1. The molecule has 0 unspecified atom stereocenters. The Bertz CT molecular complexity index is 1330. The number of aliphatic hydroxyl groups is 6. The summed E-state index contributed by atoms with van der Waals surface area (Å²) in [6.07, 6.45) is -11.7. The SMILES string of the molecule is COc1ccc([C@@H]2CC(=O)c3c(O)c(C)c(O[C@H]4O[C@H](CO[C@H]5OC[C@](O)(CO)[C@@H]5O)[C@@H](O)[C@H](O)[C@H]4O)c(C)c3O2)cc1. The molecule has 5 rings (SSSR count). The summed E-state index contributed by atoms with van der Waals surface area (Å²) >= 11 is 0. The van der Waals surface area contributed by atoms with Gasteiger partial charge in [0, 0.05) is 11.1 Å². The highest BCUT2D eigenvalue weighted by Crippen LogP contribution is 2.48. The van der Waals surface area contributed by atoms with Crippen LogP contribution in [0.2, 0.25) is 0 Å². The summed E-state index contributed by atoms with van der Waals surface area (Å²) in [5.74, 6) is 0.0285. The fourth-order valence-electron chi connectivity index (χ4n) is 5.41. The first kappa shape index (κ1) is 31.4. The molecule has 2 aromatic rings. The monoisotopic (exact) mass is 608 g/mol. The lowest BCUT2D eigenvalue weighted by Crippen LogP contribution is -2.60. The van der Waals surface area contributed by atoms with Crippen LogP contribution in [-0.2, 0) is 14.2 Å². The van der Waals surface area contributed by atoms with Crippen LogP contribution in [0.5, 0.6) is 23.0 Å². The van der Waals surface area contributed by atoms with Crippen molar-refractivity contribution < 1.29 is 69.0 Å². The van der Waals surface area contributed by atoms with Crippen molar-refractivity contribution in [3.05, 3.63) is 46.5 Å². The van der Waals surface area contributed by atoms with Crippen molar-refractivity contribution in [1.29, 1.82) is 0 Å². The lowest BCUT2D eigenvalue weighted by molar-refractivity contribution is -0.289. The maximum atomic E-state index is 13.2. The minimum Gasteiger partial charge on any atom is -0.507 e. The molecular weight excluding hydrogens is 572 g/mol. The predicted molar refractivity (Wildman–Crippen MR) is 144 cm³/mol. The molecule has 7 N–H and O–H groups in total. The Hall–Kier alpha value is -3.05. The minimum absolute atomic E-state index is 0.00286. The van der Waals surface area contributed by atoms with Gasteiger partial charge in [0.2, 0.25) is 6.29 Å². The van der Waals surface area contributed by atoms with Crippen LogP contribution in [0.1, 0.15) is 39.6 Å². The van der Waals surface area contributed by atoms with Crippen LogP contribution in [0, 0.1) is 13.8 Å². The third-order valence-corrected chi connectivity index (χ3v) is 8.15. The van der Waals surface area contributed by atoms with E-state index in [1.165, 1.54) is 14.0 Å². The standard InChI is InChI=1S/C29H36O14/c1-12-20(32)19-16(31)8-17(14-4-6-15(38-3)7-5-14)41-25(19)13(2)24(12)43-27-23(35)22(34)21(33)18(42-27)9-39-28-26(36)29(37,10-30)11-40-28/h4-7,17-18,21-23,26-28,30,32-37H,8-11H2,1-3H3/t17-,18+,21+,22-,23+,26+,27+,28-,29+/m0/s1. The summed E-state index contributed by atoms with van der Waals surface area (Å²) in [5, 5.41) is 72.4. The van der Waals surface area contributed by atoms with E-state index in [9.17, 15) is 40.5 Å². The topological polar surface area (TPSA) is 214 Å². The van der Waals surface area contributed by atoms with Crippen molar-refractivity contribution in [3.8, 4) is 23.0 Å². The van der Waals surface area contributed by atoms with Gasteiger partial charge in [0.25, 0.3) is 0 Å². The third-order valence-electron chi connectivity index (χ3n) is 8.15. The van der Waals surface area contributed by atoms with Gasteiger partial charge < -0.3 is 64.2 Å². The van der Waals surface area contributed by atoms with Crippen molar-refractivity contribution in [2.75, 3.05) is 26.9 Å². The number of Topliss-reactive ketones (excluding diaryl/α,β-unsaturated/α-hetero) is 1. The molecule has 0 aromatic heterocycles. The summed E-state index contributed by atoms with van der Waals surface area (Å²) in [6.45, 7) is 1.46. The molecule has 3 heterocycles. The van der Waals surface area contributed by atoms with E-state index >= 15 is 0 Å². The summed E-state index contributed by atoms with van der Waals surface area (Å²) in [6, 6.07) is 7.01. The molecule has 0 amide bonds. The summed E-state index contributed by atoms with van der Waals surface area (Å²) in [5.41, 5.74) is -0.742. The van der Waals surface area contributed by atoms with Crippen molar-refractivity contribution in [2.24, 2.45) is 0 Å². The molecule has 0 aliphatic carbocycles. The molecular formula is C29H36O14. The molecule has 3 aliphatic heterocycles. The highest BCUT2D eigenvalue weighted by atomic mass is 16.7. The summed E-state index contributed by atoms with van der Waals surface area (Å²) in [7, 11) is 1.54. The zero-order chi connectivity index (χ0) is 31.2. The van der Waals surface area contributed by atoms with Gasteiger partial charge in [-0.1, -0.05) is 12.1 Å². The molecule has 0 saturated carbocycles. The van der Waals surface area contributed by atoms with Crippen LogP contribution in [-0.4, -0.2) is 117 Å². The molecule has 14 nitrogen and oxygen atoms in total. The Kier molecular flexibility index (Phi) is 8.87. The van der Waals surface area contributed by atoms with Gasteiger partial charge in [-0.05, 0) is 31.5 Å². The van der Waals surface area contributed by atoms with Gasteiger partial charge in [-0.25, -0.2) is 0 Å². The lowest BCUT2D eigenvalue weighted by atomic mass is 9.91. The van der Waals surface area contributed by atoms with E-state index in [0.29, 0.717) is 16.9 Å². The van der Waals surface area contributed by atoms with Gasteiger partial charge in [-0.3, -0.25) is 4.79 Å². The average Bonchev–Trinajstić information content (AvgIpc) is 3.30. The van der Waals surface area contributed by atoms with Crippen molar-refractivity contribution >= 4 is 5.78 Å². The van der Waals surface area contributed by atoms with E-state index in [1.807, 2.05) is 0 Å². The predicted octanol–water partition coefficient (Wildman–Crippen LogP) is -0.632. The quantitative estimate of drug-likeness (QED) is 0.199. The van der Waals surface area contributed by atoms with Crippen molar-refractivity contribution in [1.82, 2.24) is 0 Å². The maximum absolute atomic E-state index is 13.2. The number of aliphatic hydroxyl groups excluding tert-OH is 5. The van der Waals surface area contributed by atoms with Crippen LogP contribution in [0.25, 0.3) is 0 Å². The second kappa shape index (κ2) is 12.1. The van der Waals surface area contributed by atoms with E-state index in [2.05, 4.69) is 0 Å². The molecule has 14 heteroatoms. The summed E-state index contributed by atoms with van der Waals surface area (Å²) < 4.78 is 33.7. The number of carbonyl (C=O) groups is 1. The molecule has 0 spiro atoms. The molecule has 2 aromatic carbocycles. The number of hydrogen-bond acceptors (Lipinski definition) is 14. The second-order valence-corrected chi connectivity index (χ2v) is 11.0. The zero-order valence-corrected chi connectivity index (χ0v) is 23.7. The fraction of sp³-hybridized carbons (Fsp3) is 0.552. The highest BCUT2D eigenvalue weighted by Gasteiger charge is 2.50. The number of ketones is 1. The number of hydrogen-bond donors (Lipinski definition) is 7. The summed E-state index contributed by atoms with van der Waals surface area (Å²) in [4.78, 5) is 13.2. The first-order chi connectivity index (χ1) is 20.4. The first-order valence-electron chi connectivity index (χ1n) is 13.7. The van der Waals surface area contributed by atoms with Crippen LogP contribution in [0.4, 0.5) is 0 Å². The van der Waals surface area contributed by atoms with Gasteiger partial charge in [-0.2, -0.15) is 0 Å². The van der Waals surface area contributed by atoms with Gasteiger partial charge in [0.05, 0.1) is 33.4 Å². The lowest BCUT2D eigenvalue weighted by Gasteiger charge is -2.41. The number of benzene rings is 2. The van der Waals surface area contributed by atoms with Gasteiger partial charge in [0.15, 0.2) is 12.1 Å². The molecule has 2 saturated heterocycles. The fourth-order valence-corrected chi connectivity index (χ4v) is 5.41. The number of ether oxygens (including phenoxy) is 6. The highest BCUT2D eigenvalue weighted by molar-refractivity contribution is 6.03. The Morgan fingerprint density at radius 3 is 2.33 bits per heavy atom. The Morgan fingerprint density at radius 1 is 1.00 bits per heavy atom. The van der Waals surface area contributed by atoms with Crippen LogP contribution in [0.15, 0.2) is 24.3 Å². The van der Waals surface area contributed by atoms with Crippen LogP contribution < -0.4 is 14.2 Å². The average molecular weight is 609 g/mol. The number of methoxy groups -OCH3 is 1. The smallest absolute Gasteiger partial charge is 0.229 e. The zero-order valence-electron chi connectivity index (χ0n) is 23.7. The van der Waals surface area contributed by atoms with Gasteiger partial charge in [-0.15, -0.1) is 0 Å². The molecule has 3 aliphatic rings. The molecule has 0 bridgehead atoms. The van der Waals surface area contributed by atoms with Crippen LogP contribution in [0.3, 0.4) is 0 Å². The number of carbonyl (C=O) groups excluding carboxylic acids is 1. The first-order valence-corrected chi connectivity index (χ1v) is 13.7. The molecule has 0 radical (unpaired) electrons. The van der Waals surface area contributed by atoms with E-state index in [0.717, 1.165) is 0 Å². The van der Waals surface area contributed by atoms with E-state index < -0.39 is 74.6 Å². The minimum atomic E-state index is -1.93. The van der Waals surface area contributed by atoms with E-state index in [4.69, 9.17) is 28.4 Å². The molecule has 43 heavy (non-hydrogen) atoms. The Balaban J connectivity index is 1.37. The van der Waals surface area contributed by atoms with Gasteiger partial charge in [0.1, 0.15) is 70.8 Å².